The van der Waals surface area contributed by atoms with Crippen molar-refractivity contribution >= 4 is 10.9 Å². The normalized spacial score (nSPS) is 11.0. The van der Waals surface area contributed by atoms with E-state index in [4.69, 9.17) is 5.73 Å². The Labute approximate surface area is 120 Å². The minimum Gasteiger partial charge on any atom is -0.330 e. The average Bonchev–Trinajstić information content (AvgIpc) is 2.50. The molecule has 3 rings (SSSR count). The SMILES string of the molecule is NCCc1nc2ccc(F)cc2c(=O)n1-c1ccccc1. The second kappa shape index (κ2) is 5.46. The highest BCUT2D eigenvalue weighted by Gasteiger charge is 2.12. The van der Waals surface area contributed by atoms with Crippen molar-refractivity contribution in [3.8, 4) is 5.69 Å². The van der Waals surface area contributed by atoms with Crippen LogP contribution in [-0.4, -0.2) is 16.1 Å². The third-order valence-electron chi connectivity index (χ3n) is 3.28. The van der Waals surface area contributed by atoms with E-state index in [-0.39, 0.29) is 10.9 Å². The summed E-state index contributed by atoms with van der Waals surface area (Å²) in [5.41, 5.74) is 6.51. The lowest BCUT2D eigenvalue weighted by Gasteiger charge is -2.13. The van der Waals surface area contributed by atoms with Gasteiger partial charge in [-0.2, -0.15) is 0 Å². The predicted octanol–water partition coefficient (Wildman–Crippen LogP) is 2.03. The fraction of sp³-hybridized carbons (Fsp3) is 0.125. The molecule has 0 spiro atoms. The van der Waals surface area contributed by atoms with E-state index in [9.17, 15) is 9.18 Å². The molecule has 0 amide bonds. The molecule has 0 saturated carbocycles. The summed E-state index contributed by atoms with van der Waals surface area (Å²) in [5, 5.41) is 0.264. The quantitative estimate of drug-likeness (QED) is 0.800. The van der Waals surface area contributed by atoms with Gasteiger partial charge in [0.05, 0.1) is 16.6 Å². The molecule has 0 aliphatic carbocycles. The number of aromatic nitrogens is 2. The molecule has 0 atom stereocenters. The lowest BCUT2D eigenvalue weighted by Crippen LogP contribution is -2.25. The summed E-state index contributed by atoms with van der Waals surface area (Å²) in [4.78, 5) is 17.2. The summed E-state index contributed by atoms with van der Waals surface area (Å²) in [5.74, 6) is 0.125. The van der Waals surface area contributed by atoms with Crippen molar-refractivity contribution < 1.29 is 4.39 Å². The highest BCUT2D eigenvalue weighted by Crippen LogP contribution is 2.14. The number of hydrogen-bond donors (Lipinski definition) is 1. The van der Waals surface area contributed by atoms with Gasteiger partial charge < -0.3 is 5.73 Å². The Balaban J connectivity index is 2.37. The van der Waals surface area contributed by atoms with Crippen LogP contribution in [0.5, 0.6) is 0 Å². The van der Waals surface area contributed by atoms with E-state index in [2.05, 4.69) is 4.98 Å². The molecule has 0 aliphatic rings. The molecule has 1 aromatic heterocycles. The zero-order valence-corrected chi connectivity index (χ0v) is 11.3. The van der Waals surface area contributed by atoms with Crippen LogP contribution in [0.15, 0.2) is 53.3 Å². The van der Waals surface area contributed by atoms with Gasteiger partial charge in [-0.25, -0.2) is 9.37 Å². The molecule has 0 bridgehead atoms. The van der Waals surface area contributed by atoms with Gasteiger partial charge in [0.1, 0.15) is 11.6 Å². The topological polar surface area (TPSA) is 60.9 Å². The van der Waals surface area contributed by atoms with Crippen LogP contribution >= 0.6 is 0 Å². The lowest BCUT2D eigenvalue weighted by atomic mass is 10.2. The molecular formula is C16H14FN3O. The number of nitrogens with zero attached hydrogens (tertiary/aromatic N) is 2. The van der Waals surface area contributed by atoms with Gasteiger partial charge in [0.25, 0.3) is 5.56 Å². The number of fused-ring (bicyclic) bond motifs is 1. The first-order valence-electron chi connectivity index (χ1n) is 6.67. The Kier molecular flexibility index (Phi) is 3.50. The minimum absolute atomic E-state index is 0.264. The number of nitrogens with two attached hydrogens (primary N) is 1. The van der Waals surface area contributed by atoms with E-state index in [1.165, 1.54) is 22.8 Å². The zero-order chi connectivity index (χ0) is 14.8. The Morgan fingerprint density at radius 2 is 1.90 bits per heavy atom. The van der Waals surface area contributed by atoms with E-state index in [1.54, 1.807) is 0 Å². The monoisotopic (exact) mass is 283 g/mol. The number of rotatable bonds is 3. The van der Waals surface area contributed by atoms with Gasteiger partial charge in [0, 0.05) is 6.42 Å². The maximum atomic E-state index is 13.4. The summed E-state index contributed by atoms with van der Waals surface area (Å²) in [6.07, 6.45) is 0.470. The van der Waals surface area contributed by atoms with Crippen molar-refractivity contribution in [3.05, 3.63) is 70.5 Å². The van der Waals surface area contributed by atoms with Crippen molar-refractivity contribution in [3.63, 3.8) is 0 Å². The van der Waals surface area contributed by atoms with Gasteiger partial charge in [-0.15, -0.1) is 0 Å². The van der Waals surface area contributed by atoms with Crippen molar-refractivity contribution in [2.24, 2.45) is 5.73 Å². The highest BCUT2D eigenvalue weighted by molar-refractivity contribution is 5.78. The largest absolute Gasteiger partial charge is 0.330 e. The van der Waals surface area contributed by atoms with Crippen LogP contribution < -0.4 is 11.3 Å². The molecule has 4 nitrogen and oxygen atoms in total. The summed E-state index contributed by atoms with van der Waals surface area (Å²) >= 11 is 0. The second-order valence-electron chi connectivity index (χ2n) is 4.70. The Hall–Kier alpha value is -2.53. The molecule has 1 heterocycles. The van der Waals surface area contributed by atoms with Crippen LogP contribution in [-0.2, 0) is 6.42 Å². The molecule has 106 valence electrons. The zero-order valence-electron chi connectivity index (χ0n) is 11.3. The first kappa shape index (κ1) is 13.5. The Bertz CT molecular complexity index is 843. The van der Waals surface area contributed by atoms with Gasteiger partial charge in [0.15, 0.2) is 0 Å². The molecule has 3 aromatic rings. The first-order chi connectivity index (χ1) is 10.2. The lowest BCUT2D eigenvalue weighted by molar-refractivity contribution is 0.629. The van der Waals surface area contributed by atoms with Gasteiger partial charge in [-0.3, -0.25) is 9.36 Å². The summed E-state index contributed by atoms with van der Waals surface area (Å²) in [6.45, 7) is 0.381. The predicted molar refractivity (Wildman–Crippen MR) is 80.1 cm³/mol. The average molecular weight is 283 g/mol. The van der Waals surface area contributed by atoms with Crippen molar-refractivity contribution in [1.82, 2.24) is 9.55 Å². The first-order valence-corrected chi connectivity index (χ1v) is 6.67. The van der Waals surface area contributed by atoms with E-state index in [1.807, 2.05) is 30.3 Å². The van der Waals surface area contributed by atoms with Crippen LogP contribution in [0.1, 0.15) is 5.82 Å². The maximum absolute atomic E-state index is 13.4. The maximum Gasteiger partial charge on any atom is 0.266 e. The van der Waals surface area contributed by atoms with Crippen LogP contribution in [0.2, 0.25) is 0 Å². The molecule has 2 aromatic carbocycles. The van der Waals surface area contributed by atoms with Gasteiger partial charge in [-0.1, -0.05) is 18.2 Å². The molecule has 0 fully saturated rings. The fourth-order valence-corrected chi connectivity index (χ4v) is 2.34. The molecule has 0 aliphatic heterocycles. The molecule has 0 saturated heterocycles. The van der Waals surface area contributed by atoms with Crippen molar-refractivity contribution in [2.45, 2.75) is 6.42 Å². The van der Waals surface area contributed by atoms with Crippen LogP contribution in [0.3, 0.4) is 0 Å². The minimum atomic E-state index is -0.451. The molecule has 0 radical (unpaired) electrons. The van der Waals surface area contributed by atoms with Crippen LogP contribution in [0, 0.1) is 5.82 Å². The third-order valence-corrected chi connectivity index (χ3v) is 3.28. The molecule has 2 N–H and O–H groups in total. The van der Waals surface area contributed by atoms with Crippen LogP contribution in [0.25, 0.3) is 16.6 Å². The Morgan fingerprint density at radius 3 is 2.62 bits per heavy atom. The van der Waals surface area contributed by atoms with Crippen molar-refractivity contribution in [1.29, 1.82) is 0 Å². The summed E-state index contributed by atoms with van der Waals surface area (Å²) in [7, 11) is 0. The van der Waals surface area contributed by atoms with Crippen molar-refractivity contribution in [2.75, 3.05) is 6.54 Å². The number of hydrogen-bond acceptors (Lipinski definition) is 3. The number of benzene rings is 2. The molecule has 0 unspecified atom stereocenters. The molecule has 21 heavy (non-hydrogen) atoms. The van der Waals surface area contributed by atoms with E-state index in [0.717, 1.165) is 0 Å². The highest BCUT2D eigenvalue weighted by atomic mass is 19.1. The Morgan fingerprint density at radius 1 is 1.14 bits per heavy atom. The van der Waals surface area contributed by atoms with E-state index < -0.39 is 5.82 Å². The standard InChI is InChI=1S/C16H14FN3O/c17-11-6-7-14-13(10-11)16(21)20(15(19-14)8-9-18)12-4-2-1-3-5-12/h1-7,10H,8-9,18H2. The third kappa shape index (κ3) is 2.43. The van der Waals surface area contributed by atoms with E-state index >= 15 is 0 Å². The smallest absolute Gasteiger partial charge is 0.266 e. The second-order valence-corrected chi connectivity index (χ2v) is 4.70. The number of halogens is 1. The van der Waals surface area contributed by atoms with Gasteiger partial charge in [0.2, 0.25) is 0 Å². The van der Waals surface area contributed by atoms with Gasteiger partial charge in [-0.05, 0) is 36.9 Å². The fourth-order valence-electron chi connectivity index (χ4n) is 2.34. The summed E-state index contributed by atoms with van der Waals surface area (Å²) in [6, 6.07) is 13.2. The van der Waals surface area contributed by atoms with Crippen LogP contribution in [0.4, 0.5) is 4.39 Å². The molecule has 5 heteroatoms. The van der Waals surface area contributed by atoms with E-state index in [0.29, 0.717) is 30.0 Å². The molecular weight excluding hydrogens is 269 g/mol. The summed E-state index contributed by atoms with van der Waals surface area (Å²) < 4.78 is 14.9. The number of para-hydroxylation sites is 1. The van der Waals surface area contributed by atoms with Gasteiger partial charge >= 0.3 is 0 Å².